The maximum atomic E-state index is 11.9. The molecule has 7 nitrogen and oxygen atoms in total. The molecule has 0 aromatic heterocycles. The first-order valence-electron chi connectivity index (χ1n) is 5.26. The Balaban J connectivity index is 3.00. The molecule has 9 heteroatoms. The molecule has 1 N–H and O–H groups in total. The lowest BCUT2D eigenvalue weighted by atomic mass is 10.3. The molecule has 0 bridgehead atoms. The van der Waals surface area contributed by atoms with Crippen molar-refractivity contribution in [2.45, 2.75) is 11.3 Å². The zero-order valence-electron chi connectivity index (χ0n) is 10.1. The number of nitrogens with zero attached hydrogens (tertiary/aromatic N) is 2. The Morgan fingerprint density at radius 2 is 1.60 bits per heavy atom. The summed E-state index contributed by atoms with van der Waals surface area (Å²) in [7, 11) is -7.97. The van der Waals surface area contributed by atoms with Crippen LogP contribution in [0, 0.1) is 13.1 Å². The minimum Gasteiger partial charge on any atom is -0.286 e. The van der Waals surface area contributed by atoms with Gasteiger partial charge in [-0.3, -0.25) is 14.2 Å². The molecule has 0 spiro atoms. The molecule has 1 rings (SSSR count). The summed E-state index contributed by atoms with van der Waals surface area (Å²) in [6.45, 7) is 13.7. The van der Waals surface area contributed by atoms with Gasteiger partial charge in [0, 0.05) is 0 Å². The topological polar surface area (TPSA) is 97.2 Å². The van der Waals surface area contributed by atoms with Crippen LogP contribution in [0.2, 0.25) is 0 Å². The van der Waals surface area contributed by atoms with Crippen LogP contribution in [0.15, 0.2) is 23.1 Å². The molecule has 0 heterocycles. The molecule has 0 fully saturated rings. The fourth-order valence-electron chi connectivity index (χ4n) is 1.43. The van der Waals surface area contributed by atoms with Gasteiger partial charge in [0.15, 0.2) is 21.2 Å². The molecule has 0 unspecified atom stereocenters. The quantitative estimate of drug-likeness (QED) is 0.660. The first kappa shape index (κ1) is 16.1. The third-order valence-corrected chi connectivity index (χ3v) is 4.97. The van der Waals surface area contributed by atoms with Gasteiger partial charge in [-0.15, -0.1) is 0 Å². The lowest BCUT2D eigenvalue weighted by molar-refractivity contribution is 0.482. The molecular weight excluding hydrogens is 304 g/mol. The molecule has 106 valence electrons. The lowest BCUT2D eigenvalue weighted by Crippen LogP contribution is -2.12. The maximum Gasteiger partial charge on any atom is 0.264 e. The summed E-state index contributed by atoms with van der Waals surface area (Å²) in [5.74, 6) is -1.12. The highest BCUT2D eigenvalue weighted by Gasteiger charge is 2.17. The van der Waals surface area contributed by atoms with Crippen LogP contribution >= 0.6 is 0 Å². The molecule has 0 saturated carbocycles. The molecule has 1 aromatic rings. The van der Waals surface area contributed by atoms with E-state index in [1.165, 1.54) is 12.1 Å². The zero-order valence-corrected chi connectivity index (χ0v) is 11.8. The fourth-order valence-corrected chi connectivity index (χ4v) is 3.45. The van der Waals surface area contributed by atoms with Crippen LogP contribution in [0.1, 0.15) is 6.42 Å². The Morgan fingerprint density at radius 3 is 2.10 bits per heavy atom. The van der Waals surface area contributed by atoms with Crippen molar-refractivity contribution in [3.63, 3.8) is 0 Å². The fraction of sp³-hybridized carbons (Fsp3) is 0.273. The molecule has 0 aliphatic carbocycles. The second kappa shape index (κ2) is 6.01. The Labute approximate surface area is 117 Å². The molecule has 0 atom stereocenters. The highest BCUT2D eigenvalue weighted by molar-refractivity contribution is 7.91. The second-order valence-corrected chi connectivity index (χ2v) is 7.51. The van der Waals surface area contributed by atoms with E-state index in [9.17, 15) is 16.8 Å². The predicted molar refractivity (Wildman–Crippen MR) is 72.1 cm³/mol. The van der Waals surface area contributed by atoms with Gasteiger partial charge in [-0.25, -0.2) is 8.42 Å². The van der Waals surface area contributed by atoms with Crippen LogP contribution in [0.3, 0.4) is 0 Å². The zero-order chi connectivity index (χ0) is 15.4. The van der Waals surface area contributed by atoms with Crippen molar-refractivity contribution < 1.29 is 21.4 Å². The molecule has 20 heavy (non-hydrogen) atoms. The van der Waals surface area contributed by atoms with Gasteiger partial charge in [0.1, 0.15) is 0 Å². The lowest BCUT2D eigenvalue weighted by Gasteiger charge is -2.05. The minimum absolute atomic E-state index is 0.0527. The molecule has 0 saturated heterocycles. The average Bonchev–Trinajstić information content (AvgIpc) is 2.36. The predicted octanol–water partition coefficient (Wildman–Crippen LogP) is 1.84. The summed E-state index contributed by atoms with van der Waals surface area (Å²) in [6.07, 6.45) is -0.251. The van der Waals surface area contributed by atoms with E-state index in [4.69, 9.17) is 17.7 Å². The molecule has 0 radical (unpaired) electrons. The van der Waals surface area contributed by atoms with Gasteiger partial charge < -0.3 is 0 Å². The Kier molecular flexibility index (Phi) is 4.84. The van der Waals surface area contributed by atoms with Crippen LogP contribution in [0.5, 0.6) is 0 Å². The summed E-state index contributed by atoms with van der Waals surface area (Å²) < 4.78 is 53.4. The minimum atomic E-state index is -4.20. The van der Waals surface area contributed by atoms with Gasteiger partial charge in [0.2, 0.25) is 0 Å². The van der Waals surface area contributed by atoms with Crippen molar-refractivity contribution in [1.82, 2.24) is 0 Å². The van der Waals surface area contributed by atoms with Crippen molar-refractivity contribution in [1.29, 1.82) is 0 Å². The van der Waals surface area contributed by atoms with E-state index < -0.39 is 31.5 Å². The summed E-state index contributed by atoms with van der Waals surface area (Å²) >= 11 is 0. The molecule has 0 amide bonds. The van der Waals surface area contributed by atoms with E-state index in [2.05, 4.69) is 9.69 Å². The summed E-state index contributed by atoms with van der Waals surface area (Å²) in [6, 6.07) is 3.52. The smallest absolute Gasteiger partial charge is 0.264 e. The third kappa shape index (κ3) is 4.31. The summed E-state index contributed by atoms with van der Waals surface area (Å²) in [4.78, 5) is 6.01. The van der Waals surface area contributed by atoms with Gasteiger partial charge in [0.25, 0.3) is 10.1 Å². The summed E-state index contributed by atoms with van der Waals surface area (Å²) in [5, 5.41) is 0. The van der Waals surface area contributed by atoms with Gasteiger partial charge in [0.05, 0.1) is 29.5 Å². The first-order chi connectivity index (χ1) is 9.19. The Bertz CT molecular complexity index is 798. The second-order valence-electron chi connectivity index (χ2n) is 3.83. The average molecular weight is 314 g/mol. The highest BCUT2D eigenvalue weighted by Crippen LogP contribution is 2.31. The van der Waals surface area contributed by atoms with Crippen molar-refractivity contribution in [2.24, 2.45) is 0 Å². The monoisotopic (exact) mass is 314 g/mol. The van der Waals surface area contributed by atoms with Gasteiger partial charge in [-0.05, 0) is 12.5 Å². The van der Waals surface area contributed by atoms with E-state index in [1.54, 1.807) is 0 Å². The summed E-state index contributed by atoms with van der Waals surface area (Å²) in [5.41, 5.74) is -0.0206. The van der Waals surface area contributed by atoms with E-state index in [-0.39, 0.29) is 22.7 Å². The third-order valence-electron chi connectivity index (χ3n) is 2.36. The van der Waals surface area contributed by atoms with Gasteiger partial charge in [-0.2, -0.15) is 8.42 Å². The normalized spacial score (nSPS) is 11.6. The highest BCUT2D eigenvalue weighted by atomic mass is 32.2. The van der Waals surface area contributed by atoms with E-state index in [0.29, 0.717) is 0 Å². The van der Waals surface area contributed by atoms with E-state index in [0.717, 1.165) is 6.07 Å². The number of hydrogen-bond acceptors (Lipinski definition) is 4. The van der Waals surface area contributed by atoms with E-state index >= 15 is 0 Å². The van der Waals surface area contributed by atoms with E-state index in [1.807, 2.05) is 0 Å². The van der Waals surface area contributed by atoms with Crippen LogP contribution in [0.4, 0.5) is 11.4 Å². The Hall–Kier alpha value is -1.94. The van der Waals surface area contributed by atoms with Crippen LogP contribution in [-0.2, 0) is 20.0 Å². The largest absolute Gasteiger partial charge is 0.286 e. The van der Waals surface area contributed by atoms with Crippen molar-refractivity contribution in [3.8, 4) is 0 Å². The number of sulfone groups is 1. The standard InChI is InChI=1S/C11H10N2O5S2/c1-12-10-5-4-9(8-11(10)13-2)19(14,15)6-3-7-20(16,17)18/h4-5,8H,3,6-7H2,(H,16,17,18). The maximum absolute atomic E-state index is 11.9. The molecule has 0 aliphatic rings. The number of rotatable bonds is 5. The Morgan fingerprint density at radius 1 is 1.00 bits per heavy atom. The van der Waals surface area contributed by atoms with Crippen LogP contribution in [-0.4, -0.2) is 32.9 Å². The number of benzene rings is 1. The van der Waals surface area contributed by atoms with Crippen LogP contribution < -0.4 is 0 Å². The number of hydrogen-bond donors (Lipinski definition) is 1. The SMILES string of the molecule is [C-]#[N+]c1ccc(S(=O)(=O)CCCS(=O)(=O)O)cc1[N+]#[C-]. The molecular formula is C11H10N2O5S2. The molecule has 1 aromatic carbocycles. The van der Waals surface area contributed by atoms with Gasteiger partial charge >= 0.3 is 0 Å². The van der Waals surface area contributed by atoms with Crippen LogP contribution in [0.25, 0.3) is 9.69 Å². The van der Waals surface area contributed by atoms with Crippen molar-refractivity contribution >= 4 is 31.3 Å². The molecule has 0 aliphatic heterocycles. The first-order valence-corrected chi connectivity index (χ1v) is 8.52. The van der Waals surface area contributed by atoms with Gasteiger partial charge in [-0.1, -0.05) is 12.1 Å². The van der Waals surface area contributed by atoms with Crippen molar-refractivity contribution in [3.05, 3.63) is 41.0 Å². The van der Waals surface area contributed by atoms with Crippen molar-refractivity contribution in [2.75, 3.05) is 11.5 Å².